The topological polar surface area (TPSA) is 82.8 Å². The summed E-state index contributed by atoms with van der Waals surface area (Å²) in [6.45, 7) is 4.95. The molecule has 0 atom stereocenters. The summed E-state index contributed by atoms with van der Waals surface area (Å²) in [5.41, 5.74) is 7.74. The molecule has 1 aliphatic rings. The largest absolute Gasteiger partial charge is 0.369 e. The fourth-order valence-electron chi connectivity index (χ4n) is 2.88. The van der Waals surface area contributed by atoms with E-state index in [-0.39, 0.29) is 29.9 Å². The van der Waals surface area contributed by atoms with Crippen molar-refractivity contribution >= 4 is 51.8 Å². The van der Waals surface area contributed by atoms with Gasteiger partial charge >= 0.3 is 0 Å². The third kappa shape index (κ3) is 7.49. The SMILES string of the molecule is CN=C(NCc1ccc(Br)cc1C)NC1CCN(CC(N)=O)CC1.I. The zero-order chi connectivity index (χ0) is 17.5. The van der Waals surface area contributed by atoms with Crippen molar-refractivity contribution in [3.05, 3.63) is 33.8 Å². The minimum absolute atomic E-state index is 0. The Labute approximate surface area is 175 Å². The van der Waals surface area contributed by atoms with Gasteiger partial charge in [0, 0.05) is 37.2 Å². The van der Waals surface area contributed by atoms with Gasteiger partial charge in [-0.15, -0.1) is 24.0 Å². The number of benzene rings is 1. The van der Waals surface area contributed by atoms with Crippen molar-refractivity contribution in [2.24, 2.45) is 10.7 Å². The van der Waals surface area contributed by atoms with Gasteiger partial charge in [0.15, 0.2) is 5.96 Å². The van der Waals surface area contributed by atoms with E-state index in [4.69, 9.17) is 5.73 Å². The Balaban J connectivity index is 0.00000312. The van der Waals surface area contributed by atoms with E-state index in [2.05, 4.69) is 61.6 Å². The Morgan fingerprint density at radius 2 is 2.08 bits per heavy atom. The van der Waals surface area contributed by atoms with E-state index < -0.39 is 0 Å². The van der Waals surface area contributed by atoms with E-state index in [0.717, 1.165) is 42.9 Å². The second-order valence-electron chi connectivity index (χ2n) is 6.16. The van der Waals surface area contributed by atoms with Crippen LogP contribution in [0.3, 0.4) is 0 Å². The molecule has 2 rings (SSSR count). The number of rotatable bonds is 5. The molecular weight excluding hydrogens is 497 g/mol. The molecule has 0 spiro atoms. The van der Waals surface area contributed by atoms with Crippen LogP contribution in [0.4, 0.5) is 0 Å². The number of aliphatic imine (C=N–C) groups is 1. The Hall–Kier alpha value is -0.870. The standard InChI is InChI=1S/C17H26BrN5O.HI/c1-12-9-14(18)4-3-13(12)10-21-17(20-2)22-15-5-7-23(8-6-15)11-16(19)24;/h3-4,9,15H,5-8,10-11H2,1-2H3,(H2,19,24)(H2,20,21,22);1H. The van der Waals surface area contributed by atoms with Crippen molar-refractivity contribution < 1.29 is 4.79 Å². The summed E-state index contributed by atoms with van der Waals surface area (Å²) in [7, 11) is 1.78. The van der Waals surface area contributed by atoms with Crippen molar-refractivity contribution in [3.63, 3.8) is 0 Å². The first-order chi connectivity index (χ1) is 11.5. The number of nitrogens with zero attached hydrogens (tertiary/aromatic N) is 2. The number of nitrogens with two attached hydrogens (primary N) is 1. The zero-order valence-electron chi connectivity index (χ0n) is 14.7. The highest BCUT2D eigenvalue weighted by Crippen LogP contribution is 2.15. The summed E-state index contributed by atoms with van der Waals surface area (Å²) in [5, 5.41) is 6.84. The third-order valence-electron chi connectivity index (χ3n) is 4.28. The van der Waals surface area contributed by atoms with Gasteiger partial charge in [0.25, 0.3) is 0 Å². The number of halogens is 2. The molecule has 4 N–H and O–H groups in total. The second kappa shape index (κ2) is 11.0. The van der Waals surface area contributed by atoms with Gasteiger partial charge in [-0.1, -0.05) is 22.0 Å². The molecule has 6 nitrogen and oxygen atoms in total. The Bertz CT molecular complexity index is 603. The number of amides is 1. The highest BCUT2D eigenvalue weighted by molar-refractivity contribution is 14.0. The van der Waals surface area contributed by atoms with Gasteiger partial charge in [0.05, 0.1) is 6.54 Å². The van der Waals surface area contributed by atoms with Crippen LogP contribution in [0.15, 0.2) is 27.7 Å². The first-order valence-electron chi connectivity index (χ1n) is 8.21. The number of primary amides is 1. The van der Waals surface area contributed by atoms with Crippen LogP contribution in [0.25, 0.3) is 0 Å². The molecule has 1 aromatic rings. The average molecular weight is 524 g/mol. The lowest BCUT2D eigenvalue weighted by Crippen LogP contribution is -2.49. The molecule has 140 valence electrons. The number of carbonyl (C=O) groups excluding carboxylic acids is 1. The quantitative estimate of drug-likeness (QED) is 0.313. The summed E-state index contributed by atoms with van der Waals surface area (Å²) in [6.07, 6.45) is 1.95. The first kappa shape index (κ1) is 22.2. The van der Waals surface area contributed by atoms with Crippen molar-refractivity contribution in [3.8, 4) is 0 Å². The van der Waals surface area contributed by atoms with E-state index in [0.29, 0.717) is 12.6 Å². The molecule has 0 saturated carbocycles. The van der Waals surface area contributed by atoms with Crippen LogP contribution >= 0.6 is 39.9 Å². The molecule has 0 aliphatic carbocycles. The smallest absolute Gasteiger partial charge is 0.231 e. The van der Waals surface area contributed by atoms with Crippen molar-refractivity contribution in [2.45, 2.75) is 32.4 Å². The molecule has 1 fully saturated rings. The van der Waals surface area contributed by atoms with Crippen LogP contribution < -0.4 is 16.4 Å². The zero-order valence-corrected chi connectivity index (χ0v) is 18.6. The third-order valence-corrected chi connectivity index (χ3v) is 4.78. The maximum atomic E-state index is 11.0. The van der Waals surface area contributed by atoms with Crippen LogP contribution in [0, 0.1) is 6.92 Å². The molecule has 8 heteroatoms. The summed E-state index contributed by atoms with van der Waals surface area (Å²) < 4.78 is 1.09. The number of hydrogen-bond acceptors (Lipinski definition) is 3. The fraction of sp³-hybridized carbons (Fsp3) is 0.529. The van der Waals surface area contributed by atoms with Gasteiger partial charge in [-0.05, 0) is 43.0 Å². The van der Waals surface area contributed by atoms with Gasteiger partial charge in [-0.25, -0.2) is 0 Å². The predicted molar refractivity (Wildman–Crippen MR) is 116 cm³/mol. The number of piperidine rings is 1. The molecule has 1 aromatic carbocycles. The number of carbonyl (C=O) groups is 1. The lowest BCUT2D eigenvalue weighted by Gasteiger charge is -2.32. The van der Waals surface area contributed by atoms with Crippen molar-refractivity contribution in [1.82, 2.24) is 15.5 Å². The monoisotopic (exact) mass is 523 g/mol. The summed E-state index contributed by atoms with van der Waals surface area (Å²) in [4.78, 5) is 17.4. The maximum absolute atomic E-state index is 11.0. The second-order valence-corrected chi connectivity index (χ2v) is 7.07. The van der Waals surface area contributed by atoms with Gasteiger partial charge < -0.3 is 16.4 Å². The van der Waals surface area contributed by atoms with Gasteiger partial charge in [0.2, 0.25) is 5.91 Å². The normalized spacial score (nSPS) is 16.2. The Morgan fingerprint density at radius 1 is 1.40 bits per heavy atom. The van der Waals surface area contributed by atoms with Gasteiger partial charge in [-0.3, -0.25) is 14.7 Å². The highest BCUT2D eigenvalue weighted by atomic mass is 127. The van der Waals surface area contributed by atoms with Gasteiger partial charge in [0.1, 0.15) is 0 Å². The van der Waals surface area contributed by atoms with E-state index in [1.807, 2.05) is 0 Å². The highest BCUT2D eigenvalue weighted by Gasteiger charge is 2.20. The van der Waals surface area contributed by atoms with Crippen LogP contribution in [0.2, 0.25) is 0 Å². The number of hydrogen-bond donors (Lipinski definition) is 3. The number of likely N-dealkylation sites (tertiary alicyclic amines) is 1. The maximum Gasteiger partial charge on any atom is 0.231 e. The molecule has 0 unspecified atom stereocenters. The number of nitrogens with one attached hydrogen (secondary N) is 2. The van der Waals surface area contributed by atoms with E-state index >= 15 is 0 Å². The van der Waals surface area contributed by atoms with Crippen molar-refractivity contribution in [2.75, 3.05) is 26.7 Å². The lowest BCUT2D eigenvalue weighted by atomic mass is 10.1. The van der Waals surface area contributed by atoms with Crippen molar-refractivity contribution in [1.29, 1.82) is 0 Å². The summed E-state index contributed by atoms with van der Waals surface area (Å²) in [6, 6.07) is 6.64. The predicted octanol–water partition coefficient (Wildman–Crippen LogP) is 1.99. The van der Waals surface area contributed by atoms with Crippen LogP contribution in [0.5, 0.6) is 0 Å². The minimum Gasteiger partial charge on any atom is -0.369 e. The van der Waals surface area contributed by atoms with E-state index in [1.54, 1.807) is 7.05 Å². The molecule has 0 radical (unpaired) electrons. The van der Waals surface area contributed by atoms with Crippen LogP contribution in [0.1, 0.15) is 24.0 Å². The molecule has 1 heterocycles. The van der Waals surface area contributed by atoms with Crippen LogP contribution in [-0.2, 0) is 11.3 Å². The minimum atomic E-state index is -0.260. The summed E-state index contributed by atoms with van der Waals surface area (Å²) >= 11 is 3.49. The number of aryl methyl sites for hydroxylation is 1. The fourth-order valence-corrected chi connectivity index (χ4v) is 3.36. The molecule has 0 bridgehead atoms. The van der Waals surface area contributed by atoms with E-state index in [1.165, 1.54) is 11.1 Å². The molecule has 0 aromatic heterocycles. The van der Waals surface area contributed by atoms with Crippen LogP contribution in [-0.4, -0.2) is 49.5 Å². The summed E-state index contributed by atoms with van der Waals surface area (Å²) in [5.74, 6) is 0.550. The first-order valence-corrected chi connectivity index (χ1v) is 9.00. The van der Waals surface area contributed by atoms with Gasteiger partial charge in [-0.2, -0.15) is 0 Å². The number of guanidine groups is 1. The lowest BCUT2D eigenvalue weighted by molar-refractivity contribution is -0.119. The molecular formula is C17H27BrIN5O. The molecule has 25 heavy (non-hydrogen) atoms. The Kier molecular flexibility index (Phi) is 9.73. The van der Waals surface area contributed by atoms with E-state index in [9.17, 15) is 4.79 Å². The average Bonchev–Trinajstić information content (AvgIpc) is 2.54. The Morgan fingerprint density at radius 3 is 2.64 bits per heavy atom. The molecule has 1 saturated heterocycles. The molecule has 1 aliphatic heterocycles. The molecule has 1 amide bonds.